The second-order valence-corrected chi connectivity index (χ2v) is 13.8. The molecule has 2 aromatic carbocycles. The zero-order valence-corrected chi connectivity index (χ0v) is 30.7. The quantitative estimate of drug-likeness (QED) is 0.0483. The zero-order valence-electron chi connectivity index (χ0n) is 29.9. The van der Waals surface area contributed by atoms with E-state index >= 15 is 0 Å². The van der Waals surface area contributed by atoms with Crippen LogP contribution < -0.4 is 4.74 Å². The summed E-state index contributed by atoms with van der Waals surface area (Å²) in [5.41, 5.74) is 11.8. The molecular weight excluding hydrogens is 692 g/mol. The Morgan fingerprint density at radius 3 is 2.35 bits per heavy atom. The van der Waals surface area contributed by atoms with E-state index < -0.39 is 5.60 Å². The number of imidazole rings is 1. The fourth-order valence-electron chi connectivity index (χ4n) is 5.83. The lowest BCUT2D eigenvalue weighted by Crippen LogP contribution is -2.41. The predicted octanol–water partition coefficient (Wildman–Crippen LogP) is 6.75. The molecule has 15 nitrogen and oxygen atoms in total. The number of aromatic hydroxyl groups is 1. The second-order valence-electron chi connectivity index (χ2n) is 13.3. The van der Waals surface area contributed by atoms with Crippen LogP contribution in [0.2, 0.25) is 5.02 Å². The summed E-state index contributed by atoms with van der Waals surface area (Å²) in [6.45, 7) is 9.93. The number of halogens is 1. The molecule has 52 heavy (non-hydrogen) atoms. The van der Waals surface area contributed by atoms with Gasteiger partial charge in [0.1, 0.15) is 18.0 Å². The summed E-state index contributed by atoms with van der Waals surface area (Å²) in [4.78, 5) is 25.0. The molecule has 1 aliphatic rings. The van der Waals surface area contributed by atoms with Crippen molar-refractivity contribution in [2.45, 2.75) is 58.0 Å². The smallest absolute Gasteiger partial charge is 0.410 e. The fraction of sp³-hybridized carbons (Fsp3) is 0.528. The molecular formula is C36H47ClN8O7. The zero-order chi connectivity index (χ0) is 36.9. The molecule has 0 bridgehead atoms. The first kappa shape index (κ1) is 38.7. The van der Waals surface area contributed by atoms with E-state index in [1.165, 1.54) is 4.68 Å². The van der Waals surface area contributed by atoms with E-state index in [1.807, 2.05) is 51.1 Å². The van der Waals surface area contributed by atoms with Gasteiger partial charge in [0.15, 0.2) is 0 Å². The molecule has 280 valence electrons. The average Bonchev–Trinajstić information content (AvgIpc) is 3.69. The monoisotopic (exact) mass is 738 g/mol. The number of H-pyrrole nitrogens is 1. The van der Waals surface area contributed by atoms with E-state index in [-0.39, 0.29) is 17.9 Å². The molecule has 1 aliphatic heterocycles. The first-order valence-electron chi connectivity index (χ1n) is 17.5. The number of hydrogen-bond acceptors (Lipinski definition) is 10. The minimum absolute atomic E-state index is 0.0376. The SMILES string of the molecule is CC(C)(C)OC(=O)N1CCC(c2nn(-c3nc4cc(Cl)ccc4[nH]3)c(O)c2CCc2ccc(OCCOCCOCCOCCN=[N+]=[N-])cc2)CC1. The number of likely N-dealkylation sites (tertiary alicyclic amines) is 1. The van der Waals surface area contributed by atoms with E-state index in [1.54, 1.807) is 17.0 Å². The molecule has 1 saturated heterocycles. The molecule has 0 aliphatic carbocycles. The van der Waals surface area contributed by atoms with E-state index in [4.69, 9.17) is 45.9 Å². The third-order valence-corrected chi connectivity index (χ3v) is 8.62. The van der Waals surface area contributed by atoms with E-state index in [9.17, 15) is 9.90 Å². The van der Waals surface area contributed by atoms with Crippen molar-refractivity contribution in [2.75, 3.05) is 65.9 Å². The molecule has 2 N–H and O–H groups in total. The van der Waals surface area contributed by atoms with Gasteiger partial charge in [-0.2, -0.15) is 9.78 Å². The highest BCUT2D eigenvalue weighted by atomic mass is 35.5. The number of aromatic amines is 1. The van der Waals surface area contributed by atoms with Crippen molar-refractivity contribution in [3.05, 3.63) is 74.8 Å². The Hall–Kier alpha value is -4.53. The normalized spacial score (nSPS) is 13.7. The Balaban J connectivity index is 1.15. The number of rotatable bonds is 18. The highest BCUT2D eigenvalue weighted by molar-refractivity contribution is 6.31. The fourth-order valence-corrected chi connectivity index (χ4v) is 6.00. The van der Waals surface area contributed by atoms with Crippen LogP contribution in [-0.4, -0.2) is 107 Å². The number of nitrogens with zero attached hydrogens (tertiary/aromatic N) is 7. The summed E-state index contributed by atoms with van der Waals surface area (Å²) in [5.74, 6) is 1.21. The number of carbonyl (C=O) groups excluding carboxylic acids is 1. The lowest BCUT2D eigenvalue weighted by Gasteiger charge is -2.33. The molecule has 5 rings (SSSR count). The highest BCUT2D eigenvalue weighted by Gasteiger charge is 2.32. The van der Waals surface area contributed by atoms with Crippen LogP contribution in [0.25, 0.3) is 27.4 Å². The van der Waals surface area contributed by atoms with Crippen molar-refractivity contribution in [1.82, 2.24) is 24.6 Å². The van der Waals surface area contributed by atoms with Crippen molar-refractivity contribution in [2.24, 2.45) is 5.11 Å². The second kappa shape index (κ2) is 18.8. The van der Waals surface area contributed by atoms with Crippen LogP contribution in [0.15, 0.2) is 47.6 Å². The van der Waals surface area contributed by atoms with Crippen LogP contribution in [0.5, 0.6) is 11.6 Å². The third kappa shape index (κ3) is 11.2. The maximum Gasteiger partial charge on any atom is 0.410 e. The van der Waals surface area contributed by atoms with E-state index in [0.29, 0.717) is 108 Å². The Morgan fingerprint density at radius 2 is 1.67 bits per heavy atom. The van der Waals surface area contributed by atoms with E-state index in [0.717, 1.165) is 28.1 Å². The number of amides is 1. The summed E-state index contributed by atoms with van der Waals surface area (Å²) in [6, 6.07) is 13.3. The number of aryl methyl sites for hydroxylation is 1. The van der Waals surface area contributed by atoms with Gasteiger partial charge in [-0.05, 0) is 87.9 Å². The Labute approximate surface area is 307 Å². The molecule has 1 fully saturated rings. The van der Waals surface area contributed by atoms with Gasteiger partial charge >= 0.3 is 6.09 Å². The number of piperidine rings is 1. The molecule has 1 amide bonds. The van der Waals surface area contributed by atoms with Gasteiger partial charge < -0.3 is 38.7 Å². The van der Waals surface area contributed by atoms with Crippen LogP contribution >= 0.6 is 11.6 Å². The number of fused-ring (bicyclic) bond motifs is 1. The minimum Gasteiger partial charge on any atom is -0.493 e. The molecule has 0 spiro atoms. The maximum atomic E-state index is 12.7. The molecule has 0 saturated carbocycles. The number of benzene rings is 2. The highest BCUT2D eigenvalue weighted by Crippen LogP contribution is 2.36. The Kier molecular flexibility index (Phi) is 14.0. The van der Waals surface area contributed by atoms with Gasteiger partial charge in [-0.15, -0.1) is 0 Å². The average molecular weight is 739 g/mol. The predicted molar refractivity (Wildman–Crippen MR) is 195 cm³/mol. The molecule has 2 aromatic heterocycles. The lowest BCUT2D eigenvalue weighted by atomic mass is 9.90. The number of hydrogen-bond donors (Lipinski definition) is 2. The van der Waals surface area contributed by atoms with Gasteiger partial charge in [0, 0.05) is 41.0 Å². The lowest BCUT2D eigenvalue weighted by molar-refractivity contribution is 0.0106. The summed E-state index contributed by atoms with van der Waals surface area (Å²) in [5, 5.41) is 20.5. The van der Waals surface area contributed by atoms with Gasteiger partial charge in [0.25, 0.3) is 0 Å². The summed E-state index contributed by atoms with van der Waals surface area (Å²) in [6.07, 6.45) is 2.29. The third-order valence-electron chi connectivity index (χ3n) is 8.38. The molecule has 16 heteroatoms. The van der Waals surface area contributed by atoms with Gasteiger partial charge in [0.05, 0.1) is 56.4 Å². The van der Waals surface area contributed by atoms with Crippen LogP contribution in [0.1, 0.15) is 56.4 Å². The first-order valence-corrected chi connectivity index (χ1v) is 17.9. The van der Waals surface area contributed by atoms with Gasteiger partial charge in [0.2, 0.25) is 11.8 Å². The first-order chi connectivity index (χ1) is 25.1. The van der Waals surface area contributed by atoms with Crippen molar-refractivity contribution in [3.63, 3.8) is 0 Å². The Morgan fingerprint density at radius 1 is 1.00 bits per heavy atom. The largest absolute Gasteiger partial charge is 0.493 e. The molecule has 0 unspecified atom stereocenters. The summed E-state index contributed by atoms with van der Waals surface area (Å²) < 4.78 is 29.2. The topological polar surface area (TPSA) is 182 Å². The van der Waals surface area contributed by atoms with Crippen LogP contribution in [-0.2, 0) is 31.8 Å². The van der Waals surface area contributed by atoms with Crippen molar-refractivity contribution < 1.29 is 33.6 Å². The number of aromatic nitrogens is 4. The van der Waals surface area contributed by atoms with Crippen molar-refractivity contribution >= 4 is 28.7 Å². The molecule has 3 heterocycles. The van der Waals surface area contributed by atoms with Gasteiger partial charge in [-0.1, -0.05) is 28.8 Å². The summed E-state index contributed by atoms with van der Waals surface area (Å²) >= 11 is 6.20. The van der Waals surface area contributed by atoms with Gasteiger partial charge in [-0.3, -0.25) is 0 Å². The minimum atomic E-state index is -0.564. The molecule has 0 atom stereocenters. The van der Waals surface area contributed by atoms with Crippen molar-refractivity contribution in [3.8, 4) is 17.6 Å². The van der Waals surface area contributed by atoms with Gasteiger partial charge in [-0.25, -0.2) is 9.78 Å². The maximum absolute atomic E-state index is 12.7. The number of azide groups is 1. The summed E-state index contributed by atoms with van der Waals surface area (Å²) in [7, 11) is 0. The number of nitrogens with one attached hydrogen (secondary N) is 1. The molecule has 4 aromatic rings. The number of carbonyl (C=O) groups is 1. The van der Waals surface area contributed by atoms with Crippen LogP contribution in [0.3, 0.4) is 0 Å². The van der Waals surface area contributed by atoms with Crippen LogP contribution in [0.4, 0.5) is 4.79 Å². The number of ether oxygens (including phenoxy) is 5. The van der Waals surface area contributed by atoms with Crippen LogP contribution in [0, 0.1) is 0 Å². The standard InChI is InChI=1S/C36H47ClN8O7/c1-36(2,3)52-35(47)44-15-12-26(13-16-44)32-29(33(46)45(42-32)34-40-30-11-7-27(37)24-31(30)41-34)10-6-25-4-8-28(9-5-25)51-23-22-50-21-20-49-19-18-48-17-14-39-43-38/h4-5,7-9,11,24,26,46H,6,10,12-23H2,1-3H3,(H,40,41). The van der Waals surface area contributed by atoms with Crippen molar-refractivity contribution in [1.29, 1.82) is 0 Å². The molecule has 0 radical (unpaired) electrons. The Bertz CT molecular complexity index is 1790. The van der Waals surface area contributed by atoms with E-state index in [2.05, 4.69) is 20.0 Å².